The quantitative estimate of drug-likeness (QED) is 0.826. The van der Waals surface area contributed by atoms with Crippen molar-refractivity contribution in [3.8, 4) is 0 Å². The molecule has 0 saturated carbocycles. The third-order valence-electron chi connectivity index (χ3n) is 5.89. The van der Waals surface area contributed by atoms with Gasteiger partial charge in [0.15, 0.2) is 0 Å². The van der Waals surface area contributed by atoms with Gasteiger partial charge in [0.25, 0.3) is 0 Å². The average Bonchev–Trinajstić information content (AvgIpc) is 3.10. The minimum atomic E-state index is -0.447. The van der Waals surface area contributed by atoms with Crippen LogP contribution in [0.15, 0.2) is 48.5 Å². The molecule has 2 heterocycles. The number of para-hydroxylation sites is 1. The summed E-state index contributed by atoms with van der Waals surface area (Å²) in [5.74, 6) is -0.447. The van der Waals surface area contributed by atoms with Crippen LogP contribution in [-0.4, -0.2) is 59.0 Å². The average molecular weight is 410 g/mol. The van der Waals surface area contributed by atoms with Crippen LogP contribution in [0.3, 0.4) is 0 Å². The summed E-state index contributed by atoms with van der Waals surface area (Å²) in [6.07, 6.45) is 1.46. The first-order valence-corrected chi connectivity index (χ1v) is 10.4. The molecule has 158 valence electrons. The van der Waals surface area contributed by atoms with Crippen molar-refractivity contribution in [2.45, 2.75) is 32.4 Å². The molecule has 0 radical (unpaired) electrons. The Morgan fingerprint density at radius 3 is 2.57 bits per heavy atom. The minimum Gasteiger partial charge on any atom is -0.324 e. The second-order valence-corrected chi connectivity index (χ2v) is 8.01. The second kappa shape index (κ2) is 8.73. The fourth-order valence-corrected chi connectivity index (χ4v) is 4.26. The van der Waals surface area contributed by atoms with Crippen molar-refractivity contribution >= 4 is 17.7 Å². The van der Waals surface area contributed by atoms with Crippen LogP contribution in [0.5, 0.6) is 0 Å². The maximum atomic E-state index is 13.8. The van der Waals surface area contributed by atoms with Crippen LogP contribution in [0.1, 0.15) is 24.0 Å². The summed E-state index contributed by atoms with van der Waals surface area (Å²) in [7, 11) is 0. The predicted molar refractivity (Wildman–Crippen MR) is 114 cm³/mol. The number of carbonyl (C=O) groups excluding carboxylic acids is 2. The summed E-state index contributed by atoms with van der Waals surface area (Å²) in [4.78, 5) is 30.9. The normalized spacial score (nSPS) is 17.5. The zero-order chi connectivity index (χ0) is 21.1. The zero-order valence-corrected chi connectivity index (χ0v) is 17.2. The fourth-order valence-electron chi connectivity index (χ4n) is 4.26. The molecule has 2 saturated heterocycles. The summed E-state index contributed by atoms with van der Waals surface area (Å²) < 4.78 is 13.8. The lowest BCUT2D eigenvalue weighted by molar-refractivity contribution is 0.139. The van der Waals surface area contributed by atoms with E-state index in [1.54, 1.807) is 23.1 Å². The Morgan fingerprint density at radius 1 is 1.07 bits per heavy atom. The minimum absolute atomic E-state index is 0.0748. The summed E-state index contributed by atoms with van der Waals surface area (Å²) in [5.41, 5.74) is 2.52. The Balaban J connectivity index is 1.29. The molecule has 0 spiro atoms. The van der Waals surface area contributed by atoms with Gasteiger partial charge in [-0.05, 0) is 37.5 Å². The van der Waals surface area contributed by atoms with E-state index in [2.05, 4.69) is 30.4 Å². The lowest BCUT2D eigenvalue weighted by atomic mass is 10.0. The molecule has 30 heavy (non-hydrogen) atoms. The number of amides is 4. The number of nitrogens with one attached hydrogen (secondary N) is 1. The summed E-state index contributed by atoms with van der Waals surface area (Å²) in [6, 6.07) is 14.3. The Morgan fingerprint density at radius 2 is 1.83 bits per heavy atom. The fraction of sp³-hybridized carbons (Fsp3) is 0.391. The molecule has 0 bridgehead atoms. The molecule has 0 aliphatic carbocycles. The van der Waals surface area contributed by atoms with Gasteiger partial charge in [0.2, 0.25) is 0 Å². The van der Waals surface area contributed by atoms with Crippen LogP contribution in [-0.2, 0) is 6.54 Å². The molecular formula is C23H27FN4O2. The Bertz CT molecular complexity index is 927. The largest absolute Gasteiger partial charge is 0.324 e. The third-order valence-corrected chi connectivity index (χ3v) is 5.89. The number of piperidine rings is 1. The smallest absolute Gasteiger partial charge is 0.321 e. The van der Waals surface area contributed by atoms with Crippen molar-refractivity contribution < 1.29 is 14.0 Å². The summed E-state index contributed by atoms with van der Waals surface area (Å²) in [5, 5.41) is 2.64. The highest BCUT2D eigenvalue weighted by Crippen LogP contribution is 2.23. The molecule has 0 aromatic heterocycles. The van der Waals surface area contributed by atoms with Crippen molar-refractivity contribution in [1.82, 2.24) is 14.7 Å². The highest BCUT2D eigenvalue weighted by Gasteiger charge is 2.36. The molecule has 2 fully saturated rings. The van der Waals surface area contributed by atoms with Crippen LogP contribution >= 0.6 is 0 Å². The molecule has 2 aromatic carbocycles. The molecule has 7 heteroatoms. The van der Waals surface area contributed by atoms with E-state index in [0.717, 1.165) is 31.5 Å². The van der Waals surface area contributed by atoms with E-state index in [1.165, 1.54) is 11.6 Å². The zero-order valence-electron chi connectivity index (χ0n) is 17.2. The van der Waals surface area contributed by atoms with Crippen molar-refractivity contribution in [2.24, 2.45) is 0 Å². The number of urea groups is 2. The third kappa shape index (κ3) is 4.40. The summed E-state index contributed by atoms with van der Waals surface area (Å²) >= 11 is 0. The van der Waals surface area contributed by atoms with E-state index in [-0.39, 0.29) is 23.8 Å². The van der Waals surface area contributed by atoms with Crippen molar-refractivity contribution in [1.29, 1.82) is 0 Å². The van der Waals surface area contributed by atoms with Crippen molar-refractivity contribution in [3.63, 3.8) is 0 Å². The van der Waals surface area contributed by atoms with Gasteiger partial charge in [-0.1, -0.05) is 42.0 Å². The standard InChI is InChI=1S/C23H27FN4O2/c1-17-5-4-6-18(15-17)16-27-13-14-28(23(27)30)19-9-11-26(12-10-19)22(29)25-21-8-3-2-7-20(21)24/h2-8,15,19H,9-14,16H2,1H3,(H,25,29). The Kier molecular flexibility index (Phi) is 5.88. The highest BCUT2D eigenvalue weighted by atomic mass is 19.1. The van der Waals surface area contributed by atoms with Gasteiger partial charge in [-0.2, -0.15) is 0 Å². The number of rotatable bonds is 4. The van der Waals surface area contributed by atoms with Crippen molar-refractivity contribution in [2.75, 3.05) is 31.5 Å². The maximum absolute atomic E-state index is 13.8. The van der Waals surface area contributed by atoms with Gasteiger partial charge < -0.3 is 20.0 Å². The van der Waals surface area contributed by atoms with Crippen LogP contribution < -0.4 is 5.32 Å². The van der Waals surface area contributed by atoms with Gasteiger partial charge >= 0.3 is 12.1 Å². The van der Waals surface area contributed by atoms with E-state index in [1.807, 2.05) is 15.9 Å². The monoisotopic (exact) mass is 410 g/mol. The van der Waals surface area contributed by atoms with E-state index in [4.69, 9.17) is 0 Å². The number of nitrogens with zero attached hydrogens (tertiary/aromatic N) is 3. The molecule has 6 nitrogen and oxygen atoms in total. The molecule has 1 N–H and O–H groups in total. The number of benzene rings is 2. The van der Waals surface area contributed by atoms with Gasteiger partial charge in [-0.3, -0.25) is 0 Å². The molecular weight excluding hydrogens is 383 g/mol. The van der Waals surface area contributed by atoms with Crippen LogP contribution in [0, 0.1) is 12.7 Å². The molecule has 2 aromatic rings. The molecule has 2 aliphatic rings. The van der Waals surface area contributed by atoms with Gasteiger partial charge in [0.1, 0.15) is 5.82 Å². The van der Waals surface area contributed by atoms with E-state index in [9.17, 15) is 14.0 Å². The summed E-state index contributed by atoms with van der Waals surface area (Å²) in [6.45, 7) is 5.22. The first-order valence-electron chi connectivity index (χ1n) is 10.4. The van der Waals surface area contributed by atoms with E-state index in [0.29, 0.717) is 19.6 Å². The number of anilines is 1. The first-order chi connectivity index (χ1) is 14.5. The Labute approximate surface area is 176 Å². The number of aryl methyl sites for hydroxylation is 1. The van der Waals surface area contributed by atoms with E-state index < -0.39 is 5.82 Å². The maximum Gasteiger partial charge on any atom is 0.321 e. The second-order valence-electron chi connectivity index (χ2n) is 8.01. The molecule has 0 atom stereocenters. The number of likely N-dealkylation sites (tertiary alicyclic amines) is 1. The van der Waals surface area contributed by atoms with Gasteiger partial charge in [-0.25, -0.2) is 14.0 Å². The number of hydrogen-bond donors (Lipinski definition) is 1. The SMILES string of the molecule is Cc1cccc(CN2CCN(C3CCN(C(=O)Nc4ccccc4F)CC3)C2=O)c1. The van der Waals surface area contributed by atoms with Gasteiger partial charge in [-0.15, -0.1) is 0 Å². The highest BCUT2D eigenvalue weighted by molar-refractivity contribution is 5.89. The van der Waals surface area contributed by atoms with Gasteiger partial charge in [0, 0.05) is 38.8 Å². The predicted octanol–water partition coefficient (Wildman–Crippen LogP) is 4.07. The topological polar surface area (TPSA) is 55.9 Å². The van der Waals surface area contributed by atoms with E-state index >= 15 is 0 Å². The van der Waals surface area contributed by atoms with Crippen LogP contribution in [0.4, 0.5) is 19.7 Å². The Hall–Kier alpha value is -3.09. The molecule has 4 rings (SSSR count). The number of hydrogen-bond acceptors (Lipinski definition) is 2. The number of carbonyl (C=O) groups is 2. The number of halogens is 1. The van der Waals surface area contributed by atoms with Crippen LogP contribution in [0.2, 0.25) is 0 Å². The van der Waals surface area contributed by atoms with Crippen LogP contribution in [0.25, 0.3) is 0 Å². The lowest BCUT2D eigenvalue weighted by Crippen LogP contribution is -2.49. The van der Waals surface area contributed by atoms with Crippen molar-refractivity contribution in [3.05, 3.63) is 65.5 Å². The lowest BCUT2D eigenvalue weighted by Gasteiger charge is -2.36. The van der Waals surface area contributed by atoms with Gasteiger partial charge in [0.05, 0.1) is 5.69 Å². The molecule has 4 amide bonds. The first kappa shape index (κ1) is 20.2. The molecule has 0 unspecified atom stereocenters. The molecule has 2 aliphatic heterocycles.